The van der Waals surface area contributed by atoms with Gasteiger partial charge < -0.3 is 10.4 Å². The van der Waals surface area contributed by atoms with Crippen molar-refractivity contribution in [1.29, 1.82) is 0 Å². The zero-order chi connectivity index (χ0) is 13.3. The number of hydrogen-bond donors (Lipinski definition) is 2. The molecule has 2 fully saturated rings. The average molecular weight is 254 g/mol. The van der Waals surface area contributed by atoms with Crippen LogP contribution in [0.5, 0.6) is 0 Å². The molecule has 104 valence electrons. The number of nitrogens with zero attached hydrogens (tertiary/aromatic N) is 1. The molecule has 2 rings (SSSR count). The van der Waals surface area contributed by atoms with E-state index in [1.165, 1.54) is 12.8 Å². The molecule has 0 spiro atoms. The first-order valence-corrected chi connectivity index (χ1v) is 7.18. The first-order valence-electron chi connectivity index (χ1n) is 7.18. The summed E-state index contributed by atoms with van der Waals surface area (Å²) in [5.74, 6) is -0.0188. The van der Waals surface area contributed by atoms with Gasteiger partial charge in [-0.1, -0.05) is 13.8 Å². The molecule has 3 atom stereocenters. The fourth-order valence-electron chi connectivity index (χ4n) is 3.81. The molecule has 0 aromatic heterocycles. The quantitative estimate of drug-likeness (QED) is 0.802. The van der Waals surface area contributed by atoms with Crippen LogP contribution in [-0.2, 0) is 4.79 Å². The summed E-state index contributed by atoms with van der Waals surface area (Å²) in [6.07, 6.45) is 5.05. The molecular formula is C14H26N2O2. The summed E-state index contributed by atoms with van der Waals surface area (Å²) in [5, 5.41) is 12.5. The van der Waals surface area contributed by atoms with Crippen LogP contribution in [0, 0.1) is 5.92 Å². The summed E-state index contributed by atoms with van der Waals surface area (Å²) in [7, 11) is 1.78. The fourth-order valence-corrected chi connectivity index (χ4v) is 3.81. The number of aliphatic carboxylic acids is 1. The number of rotatable bonds is 4. The van der Waals surface area contributed by atoms with Crippen LogP contribution in [0.1, 0.15) is 46.0 Å². The van der Waals surface area contributed by atoms with E-state index in [9.17, 15) is 9.90 Å². The molecule has 0 radical (unpaired) electrons. The molecular weight excluding hydrogens is 228 g/mol. The van der Waals surface area contributed by atoms with Gasteiger partial charge in [0.25, 0.3) is 0 Å². The van der Waals surface area contributed by atoms with Crippen LogP contribution in [0.3, 0.4) is 0 Å². The van der Waals surface area contributed by atoms with Crippen LogP contribution in [0.25, 0.3) is 0 Å². The Hall–Kier alpha value is -0.610. The average Bonchev–Trinajstić information content (AvgIpc) is 2.96. The predicted molar refractivity (Wildman–Crippen MR) is 71.6 cm³/mol. The topological polar surface area (TPSA) is 52.6 Å². The third-order valence-electron chi connectivity index (χ3n) is 4.96. The summed E-state index contributed by atoms with van der Waals surface area (Å²) in [6, 6.07) is 1.10. The standard InChI is InChI=1S/C14H26N2O2/c1-10(2)12-5-4-8-16(12)11-6-7-14(9-11,15-3)13(17)18/h10-12,15H,4-9H2,1-3H3,(H,17,18). The maximum absolute atomic E-state index is 11.4. The molecule has 1 heterocycles. The minimum Gasteiger partial charge on any atom is -0.480 e. The van der Waals surface area contributed by atoms with Gasteiger partial charge in [0.2, 0.25) is 0 Å². The molecule has 2 N–H and O–H groups in total. The zero-order valence-corrected chi connectivity index (χ0v) is 11.8. The van der Waals surface area contributed by atoms with Crippen molar-refractivity contribution in [2.75, 3.05) is 13.6 Å². The molecule has 4 nitrogen and oxygen atoms in total. The van der Waals surface area contributed by atoms with Crippen LogP contribution >= 0.6 is 0 Å². The lowest BCUT2D eigenvalue weighted by atomic mass is 9.96. The van der Waals surface area contributed by atoms with E-state index in [-0.39, 0.29) is 0 Å². The van der Waals surface area contributed by atoms with Gasteiger partial charge in [-0.3, -0.25) is 9.69 Å². The molecule has 18 heavy (non-hydrogen) atoms. The Morgan fingerprint density at radius 3 is 2.67 bits per heavy atom. The lowest BCUT2D eigenvalue weighted by molar-refractivity contribution is -0.144. The molecule has 0 amide bonds. The highest BCUT2D eigenvalue weighted by atomic mass is 16.4. The van der Waals surface area contributed by atoms with Gasteiger partial charge in [-0.25, -0.2) is 0 Å². The second-order valence-corrected chi connectivity index (χ2v) is 6.23. The second-order valence-electron chi connectivity index (χ2n) is 6.23. The van der Waals surface area contributed by atoms with Crippen molar-refractivity contribution in [3.63, 3.8) is 0 Å². The maximum Gasteiger partial charge on any atom is 0.323 e. The Morgan fingerprint density at radius 1 is 1.44 bits per heavy atom. The van der Waals surface area contributed by atoms with Gasteiger partial charge >= 0.3 is 5.97 Å². The van der Waals surface area contributed by atoms with Gasteiger partial charge in [0, 0.05) is 12.1 Å². The SMILES string of the molecule is CNC1(C(=O)O)CCC(N2CCCC2C(C)C)C1. The first kappa shape index (κ1) is 13.8. The minimum absolute atomic E-state index is 0.448. The van der Waals surface area contributed by atoms with E-state index in [1.54, 1.807) is 7.05 Å². The van der Waals surface area contributed by atoms with Crippen molar-refractivity contribution in [2.45, 2.75) is 63.6 Å². The molecule has 3 unspecified atom stereocenters. The van der Waals surface area contributed by atoms with E-state index in [0.29, 0.717) is 18.0 Å². The van der Waals surface area contributed by atoms with Gasteiger partial charge in [0.05, 0.1) is 0 Å². The predicted octanol–water partition coefficient (Wildman–Crippen LogP) is 1.70. The number of hydrogen-bond acceptors (Lipinski definition) is 3. The lowest BCUT2D eigenvalue weighted by Crippen LogP contribution is -2.50. The number of likely N-dealkylation sites (N-methyl/N-ethyl adjacent to an activating group) is 1. The van der Waals surface area contributed by atoms with E-state index < -0.39 is 11.5 Å². The Kier molecular flexibility index (Phi) is 3.97. The highest BCUT2D eigenvalue weighted by Gasteiger charge is 2.47. The van der Waals surface area contributed by atoms with Crippen molar-refractivity contribution >= 4 is 5.97 Å². The molecule has 0 aromatic rings. The molecule has 1 saturated heterocycles. The molecule has 4 heteroatoms. The normalized spacial score (nSPS) is 37.6. The minimum atomic E-state index is -0.687. The van der Waals surface area contributed by atoms with Crippen LogP contribution < -0.4 is 5.32 Å². The van der Waals surface area contributed by atoms with Crippen LogP contribution in [-0.4, -0.2) is 47.2 Å². The molecule has 1 aliphatic heterocycles. The van der Waals surface area contributed by atoms with E-state index in [4.69, 9.17) is 0 Å². The molecule has 1 aliphatic carbocycles. The number of carboxylic acid groups (broad SMARTS) is 1. The Morgan fingerprint density at radius 2 is 2.17 bits per heavy atom. The monoisotopic (exact) mass is 254 g/mol. The van der Waals surface area contributed by atoms with E-state index in [1.807, 2.05) is 0 Å². The van der Waals surface area contributed by atoms with Crippen molar-refractivity contribution < 1.29 is 9.90 Å². The summed E-state index contributed by atoms with van der Waals surface area (Å²) >= 11 is 0. The third kappa shape index (κ3) is 2.28. The summed E-state index contributed by atoms with van der Waals surface area (Å²) in [6.45, 7) is 5.70. The Labute approximate surface area is 110 Å². The van der Waals surface area contributed by atoms with E-state index >= 15 is 0 Å². The summed E-state index contributed by atoms with van der Waals surface area (Å²) in [5.41, 5.74) is -0.686. The molecule has 2 aliphatic rings. The number of carbonyl (C=O) groups is 1. The van der Waals surface area contributed by atoms with Crippen LogP contribution in [0.15, 0.2) is 0 Å². The third-order valence-corrected chi connectivity index (χ3v) is 4.96. The first-order chi connectivity index (χ1) is 8.50. The maximum atomic E-state index is 11.4. The molecule has 0 aromatic carbocycles. The fraction of sp³-hybridized carbons (Fsp3) is 0.929. The summed E-state index contributed by atoms with van der Waals surface area (Å²) in [4.78, 5) is 14.0. The number of nitrogens with one attached hydrogen (secondary N) is 1. The Balaban J connectivity index is 2.06. The number of likely N-dealkylation sites (tertiary alicyclic amines) is 1. The van der Waals surface area contributed by atoms with Gasteiger partial charge in [0.15, 0.2) is 0 Å². The zero-order valence-electron chi connectivity index (χ0n) is 11.8. The highest BCUT2D eigenvalue weighted by molar-refractivity contribution is 5.79. The van der Waals surface area contributed by atoms with Crippen LogP contribution in [0.2, 0.25) is 0 Å². The summed E-state index contributed by atoms with van der Waals surface area (Å²) < 4.78 is 0. The van der Waals surface area contributed by atoms with Crippen molar-refractivity contribution in [3.05, 3.63) is 0 Å². The molecule has 1 saturated carbocycles. The van der Waals surface area contributed by atoms with Crippen molar-refractivity contribution in [2.24, 2.45) is 5.92 Å². The largest absolute Gasteiger partial charge is 0.480 e. The van der Waals surface area contributed by atoms with Crippen LogP contribution in [0.4, 0.5) is 0 Å². The van der Waals surface area contributed by atoms with Crippen molar-refractivity contribution in [3.8, 4) is 0 Å². The highest BCUT2D eigenvalue weighted by Crippen LogP contribution is 2.37. The second kappa shape index (κ2) is 5.17. The van der Waals surface area contributed by atoms with E-state index in [0.717, 1.165) is 25.8 Å². The van der Waals surface area contributed by atoms with Gasteiger partial charge in [-0.05, 0) is 51.6 Å². The van der Waals surface area contributed by atoms with Gasteiger partial charge in [-0.15, -0.1) is 0 Å². The van der Waals surface area contributed by atoms with Gasteiger partial charge in [0.1, 0.15) is 5.54 Å². The van der Waals surface area contributed by atoms with Gasteiger partial charge in [-0.2, -0.15) is 0 Å². The Bertz CT molecular complexity index is 319. The lowest BCUT2D eigenvalue weighted by Gasteiger charge is -2.34. The van der Waals surface area contributed by atoms with Crippen molar-refractivity contribution in [1.82, 2.24) is 10.2 Å². The number of carboxylic acids is 1. The molecule has 0 bridgehead atoms. The smallest absolute Gasteiger partial charge is 0.323 e. The van der Waals surface area contributed by atoms with E-state index in [2.05, 4.69) is 24.1 Å².